The molecule has 0 radical (unpaired) electrons. The van der Waals surface area contributed by atoms with Gasteiger partial charge >= 0.3 is 0 Å². The van der Waals surface area contributed by atoms with Gasteiger partial charge in [-0.25, -0.2) is 4.90 Å². The minimum atomic E-state index is -0.504. The molecule has 9 nitrogen and oxygen atoms in total. The summed E-state index contributed by atoms with van der Waals surface area (Å²) in [6, 6.07) is 52.9. The summed E-state index contributed by atoms with van der Waals surface area (Å²) in [6.07, 6.45) is 6.15. The van der Waals surface area contributed by atoms with Crippen LogP contribution in [0.25, 0.3) is 44.2 Å². The van der Waals surface area contributed by atoms with Crippen molar-refractivity contribution in [3.63, 3.8) is 0 Å². The Morgan fingerprint density at radius 1 is 0.358 bits per heavy atom. The lowest BCUT2D eigenvalue weighted by atomic mass is 9.84. The van der Waals surface area contributed by atoms with E-state index in [9.17, 15) is 19.2 Å². The maximum Gasteiger partial charge on any atom is 0.266 e. The van der Waals surface area contributed by atoms with Crippen LogP contribution >= 0.6 is 0 Å². The molecule has 0 bridgehead atoms. The second-order valence-electron chi connectivity index (χ2n) is 25.7. The maximum absolute atomic E-state index is 14.5. The Labute approximate surface area is 559 Å². The summed E-state index contributed by atoms with van der Waals surface area (Å²) in [5.74, 6) is 13.3. The number of nitrogens with zero attached hydrogens (tertiary/aromatic N) is 3. The zero-order valence-electron chi connectivity index (χ0n) is 56.8. The summed E-state index contributed by atoms with van der Waals surface area (Å²) in [7, 11) is 3.38. The molecule has 0 atom stereocenters. The first-order valence-electron chi connectivity index (χ1n) is 32.9. The molecule has 2 heterocycles. The molecule has 2 aliphatic heterocycles. The first kappa shape index (κ1) is 64.4. The number of imide groups is 2. The van der Waals surface area contributed by atoms with Crippen LogP contribution in [0.3, 0.4) is 0 Å². The normalized spacial score (nSPS) is 12.4. The molecule has 0 N–H and O–H groups in total. The molecule has 10 aromatic carbocycles. The minimum absolute atomic E-state index is 0.278. The molecule has 95 heavy (non-hydrogen) atoms. The first-order valence-corrected chi connectivity index (χ1v) is 32.9. The van der Waals surface area contributed by atoms with E-state index in [0.29, 0.717) is 45.3 Å². The predicted octanol–water partition coefficient (Wildman–Crippen LogP) is 20.0. The predicted molar refractivity (Wildman–Crippen MR) is 387 cm³/mol. The fourth-order valence-corrected chi connectivity index (χ4v) is 14.6. The molecular formula is C86H79N3O6. The third-order valence-electron chi connectivity index (χ3n) is 18.9. The Balaban J connectivity index is 0.742. The Morgan fingerprint density at radius 3 is 1.11 bits per heavy atom. The number of unbranched alkanes of at least 4 members (excludes halogenated alkanes) is 5. The quantitative estimate of drug-likeness (QED) is 0.0540. The van der Waals surface area contributed by atoms with Crippen molar-refractivity contribution in [2.75, 3.05) is 30.6 Å². The molecule has 0 fully saturated rings. The van der Waals surface area contributed by atoms with Gasteiger partial charge in [0.15, 0.2) is 0 Å². The van der Waals surface area contributed by atoms with E-state index in [4.69, 9.17) is 9.47 Å². The van der Waals surface area contributed by atoms with Gasteiger partial charge in [0.25, 0.3) is 23.6 Å². The SMILES string of the molecule is CCCCCCCCN1C(=O)c2ccc3c4c(ccc(c24)C1=O)C(=O)N(c1c(C)cc(C#Cc2cccc(C#Cc4cc(C)c(-c5c(C)cc(-c6cc(C)c(-c7c(C)cc(N(c8ccc(OC)cc8)c8ccc(OC)cc8)cc7C)c(C)c6)cc5C)c(C)c4)c2)cc1C)C3=O. The van der Waals surface area contributed by atoms with Crippen LogP contribution in [-0.2, 0) is 0 Å². The van der Waals surface area contributed by atoms with Gasteiger partial charge in [0.2, 0.25) is 0 Å². The van der Waals surface area contributed by atoms with Gasteiger partial charge in [0.05, 0.1) is 19.9 Å². The van der Waals surface area contributed by atoms with E-state index >= 15 is 0 Å². The Morgan fingerprint density at radius 2 is 0.705 bits per heavy atom. The molecule has 10 aromatic rings. The number of carbonyl (C=O) groups is 4. The minimum Gasteiger partial charge on any atom is -0.497 e. The second kappa shape index (κ2) is 26.7. The standard InChI is InChI=1S/C86H79N3O6/c1-14-15-16-17-18-19-39-87-83(90)72-35-37-74-81-75(38-36-73(80(72)81)84(87)91)86(93)89(85(74)92)82-59(10)42-64(43-60(82)11)26-24-62-22-20-21-61(50-62)23-25-63-40-51(2)76(52(3)41-63)77-53(4)44-65(45-54(77)5)66-46-55(6)78(56(7)47-66)79-57(8)48-69(49-58(79)9)88(67-27-31-70(94-12)32-28-67)68-29-33-71(95-13)34-30-68/h20-22,27-38,40-50H,14-19,39H2,1-13H3. The number of hydrogen-bond donors (Lipinski definition) is 0. The molecule has 0 spiro atoms. The molecule has 474 valence electrons. The van der Waals surface area contributed by atoms with E-state index in [2.05, 4.69) is 164 Å². The lowest BCUT2D eigenvalue weighted by Crippen LogP contribution is -2.44. The number of rotatable bonds is 16. The van der Waals surface area contributed by atoms with Crippen LogP contribution < -0.4 is 19.3 Å². The van der Waals surface area contributed by atoms with Crippen LogP contribution in [0.2, 0.25) is 0 Å². The summed E-state index contributed by atoms with van der Waals surface area (Å²) in [5, 5.41) is 0.739. The monoisotopic (exact) mass is 1250 g/mol. The van der Waals surface area contributed by atoms with Crippen LogP contribution in [0.4, 0.5) is 22.7 Å². The van der Waals surface area contributed by atoms with Crippen LogP contribution in [0, 0.1) is 92.9 Å². The molecule has 12 rings (SSSR count). The van der Waals surface area contributed by atoms with Crippen LogP contribution in [0.1, 0.15) is 165 Å². The van der Waals surface area contributed by atoms with E-state index in [1.807, 2.05) is 74.5 Å². The van der Waals surface area contributed by atoms with Crippen molar-refractivity contribution in [2.24, 2.45) is 0 Å². The lowest BCUT2D eigenvalue weighted by Gasteiger charge is -2.33. The highest BCUT2D eigenvalue weighted by Gasteiger charge is 2.41. The summed E-state index contributed by atoms with van der Waals surface area (Å²) in [6.45, 7) is 23.9. The van der Waals surface area contributed by atoms with Gasteiger partial charge in [-0.15, -0.1) is 0 Å². The molecular weight excluding hydrogens is 1170 g/mol. The molecule has 0 unspecified atom stereocenters. The summed E-state index contributed by atoms with van der Waals surface area (Å²) in [4.78, 5) is 61.5. The summed E-state index contributed by atoms with van der Waals surface area (Å²) >= 11 is 0. The molecule has 4 amide bonds. The van der Waals surface area contributed by atoms with Gasteiger partial charge in [0.1, 0.15) is 11.5 Å². The Hall–Kier alpha value is -10.7. The van der Waals surface area contributed by atoms with Crippen molar-refractivity contribution in [2.45, 2.75) is 115 Å². The van der Waals surface area contributed by atoms with Crippen LogP contribution in [0.15, 0.2) is 158 Å². The highest BCUT2D eigenvalue weighted by molar-refractivity contribution is 6.39. The first-order chi connectivity index (χ1) is 45.8. The maximum atomic E-state index is 14.5. The molecule has 0 aliphatic carbocycles. The number of amides is 4. The highest BCUT2D eigenvalue weighted by Crippen LogP contribution is 2.45. The summed E-state index contributed by atoms with van der Waals surface area (Å²) < 4.78 is 11.0. The van der Waals surface area contributed by atoms with E-state index in [1.54, 1.807) is 38.5 Å². The van der Waals surface area contributed by atoms with Crippen molar-refractivity contribution in [1.29, 1.82) is 0 Å². The zero-order chi connectivity index (χ0) is 67.1. The molecule has 2 aliphatic rings. The second-order valence-corrected chi connectivity index (χ2v) is 25.7. The number of benzene rings is 10. The fraction of sp³-hybridized carbons (Fsp3) is 0.233. The zero-order valence-corrected chi connectivity index (χ0v) is 56.8. The summed E-state index contributed by atoms with van der Waals surface area (Å²) in [5.41, 5.74) is 26.5. The number of methoxy groups -OCH3 is 2. The fourth-order valence-electron chi connectivity index (χ4n) is 14.6. The van der Waals surface area contributed by atoms with Crippen LogP contribution in [0.5, 0.6) is 11.5 Å². The number of ether oxygens (including phenoxy) is 2. The van der Waals surface area contributed by atoms with Crippen molar-refractivity contribution in [3.8, 4) is 68.6 Å². The average Bonchev–Trinajstić information content (AvgIpc) is 0.710. The van der Waals surface area contributed by atoms with E-state index in [0.717, 1.165) is 94.0 Å². The average molecular weight is 1250 g/mol. The Bertz CT molecular complexity index is 4720. The molecule has 0 saturated heterocycles. The largest absolute Gasteiger partial charge is 0.497 e. The van der Waals surface area contributed by atoms with Crippen molar-refractivity contribution in [3.05, 3.63) is 258 Å². The topological polar surface area (TPSA) is 96.5 Å². The van der Waals surface area contributed by atoms with Gasteiger partial charge in [0, 0.05) is 78.9 Å². The third-order valence-corrected chi connectivity index (χ3v) is 18.9. The highest BCUT2D eigenvalue weighted by atomic mass is 16.5. The molecule has 0 saturated carbocycles. The number of hydrogen-bond acceptors (Lipinski definition) is 7. The Kier molecular flexibility index (Phi) is 18.1. The molecule has 0 aromatic heterocycles. The van der Waals surface area contributed by atoms with Crippen molar-refractivity contribution < 1.29 is 28.7 Å². The van der Waals surface area contributed by atoms with Gasteiger partial charge in [-0.1, -0.05) is 93.0 Å². The van der Waals surface area contributed by atoms with Crippen LogP contribution in [-0.4, -0.2) is 49.3 Å². The van der Waals surface area contributed by atoms with Gasteiger partial charge in [-0.3, -0.25) is 24.1 Å². The number of carbonyl (C=O) groups excluding carboxylic acids is 4. The number of aryl methyl sites for hydroxylation is 10. The van der Waals surface area contributed by atoms with Gasteiger partial charge in [-0.05, 0) is 292 Å². The molecule has 9 heteroatoms. The number of anilines is 4. The lowest BCUT2D eigenvalue weighted by molar-refractivity contribution is 0.0606. The third kappa shape index (κ3) is 12.3. The van der Waals surface area contributed by atoms with Gasteiger partial charge in [-0.2, -0.15) is 0 Å². The van der Waals surface area contributed by atoms with Crippen molar-refractivity contribution in [1.82, 2.24) is 4.90 Å². The van der Waals surface area contributed by atoms with Crippen molar-refractivity contribution >= 4 is 57.2 Å². The smallest absolute Gasteiger partial charge is 0.266 e. The van der Waals surface area contributed by atoms with Gasteiger partial charge < -0.3 is 14.4 Å². The van der Waals surface area contributed by atoms with E-state index in [-0.39, 0.29) is 11.1 Å². The van der Waals surface area contributed by atoms with E-state index < -0.39 is 23.6 Å². The van der Waals surface area contributed by atoms with E-state index in [1.165, 1.54) is 83.0 Å².